The van der Waals surface area contributed by atoms with Gasteiger partial charge in [0, 0.05) is 55.2 Å². The molecule has 0 aromatic heterocycles. The summed E-state index contributed by atoms with van der Waals surface area (Å²) >= 11 is 1.49. The predicted octanol–water partition coefficient (Wildman–Crippen LogP) is 2.78. The molecule has 1 aliphatic heterocycles. The van der Waals surface area contributed by atoms with Gasteiger partial charge in [-0.3, -0.25) is 9.69 Å². The van der Waals surface area contributed by atoms with Gasteiger partial charge in [0.2, 0.25) is 0 Å². The highest BCUT2D eigenvalue weighted by molar-refractivity contribution is 7.99. The second-order valence-electron chi connectivity index (χ2n) is 6.71. The molecule has 5 nitrogen and oxygen atoms in total. The Hall–Kier alpha value is -1.90. The lowest BCUT2D eigenvalue weighted by atomic mass is 10.2. The second-order valence-corrected chi connectivity index (χ2v) is 9.87. The molecule has 1 heterocycles. The van der Waals surface area contributed by atoms with E-state index in [0.29, 0.717) is 23.5 Å². The first-order valence-corrected chi connectivity index (χ1v) is 11.9. The van der Waals surface area contributed by atoms with Gasteiger partial charge in [-0.15, -0.1) is 11.8 Å². The molecule has 0 atom stereocenters. The first kappa shape index (κ1) is 20.8. The third-order valence-electron chi connectivity index (χ3n) is 4.67. The zero-order valence-corrected chi connectivity index (χ0v) is 17.3. The van der Waals surface area contributed by atoms with Crippen molar-refractivity contribution >= 4 is 27.5 Å². The standard InChI is InChI=1S/C20H23FN2O3S2/c1-28(25,26)17-6-4-5-16(15-17)20(24)23-11-9-22(10-12-23)13-14-27-19-8-3-2-7-18(19)21/h2-8,15H,9-14H2,1H3. The maximum atomic E-state index is 13.6. The van der Waals surface area contributed by atoms with Crippen LogP contribution in [0.5, 0.6) is 0 Å². The Balaban J connectivity index is 1.50. The van der Waals surface area contributed by atoms with Crippen LogP contribution in [0.15, 0.2) is 58.3 Å². The molecule has 0 unspecified atom stereocenters. The number of hydrogen-bond donors (Lipinski definition) is 0. The number of sulfone groups is 1. The van der Waals surface area contributed by atoms with Crippen LogP contribution in [0, 0.1) is 5.82 Å². The van der Waals surface area contributed by atoms with Crippen molar-refractivity contribution in [2.45, 2.75) is 9.79 Å². The molecule has 0 N–H and O–H groups in total. The number of piperazine rings is 1. The molecule has 1 fully saturated rings. The second kappa shape index (κ2) is 9.07. The molecule has 0 radical (unpaired) electrons. The number of hydrogen-bond acceptors (Lipinski definition) is 5. The molecule has 0 spiro atoms. The van der Waals surface area contributed by atoms with Crippen LogP contribution in [0.4, 0.5) is 4.39 Å². The van der Waals surface area contributed by atoms with Crippen LogP contribution in [0.3, 0.4) is 0 Å². The largest absolute Gasteiger partial charge is 0.336 e. The molecule has 0 bridgehead atoms. The van der Waals surface area contributed by atoms with Crippen molar-refractivity contribution in [3.63, 3.8) is 0 Å². The maximum Gasteiger partial charge on any atom is 0.253 e. The topological polar surface area (TPSA) is 57.7 Å². The van der Waals surface area contributed by atoms with Crippen molar-refractivity contribution in [2.75, 3.05) is 44.7 Å². The number of carbonyl (C=O) groups excluding carboxylic acids is 1. The summed E-state index contributed by atoms with van der Waals surface area (Å²) in [7, 11) is -3.34. The smallest absolute Gasteiger partial charge is 0.253 e. The summed E-state index contributed by atoms with van der Waals surface area (Å²) in [5.41, 5.74) is 0.395. The molecule has 150 valence electrons. The van der Waals surface area contributed by atoms with Crippen molar-refractivity contribution < 1.29 is 17.6 Å². The molecule has 0 aliphatic carbocycles. The van der Waals surface area contributed by atoms with Crippen LogP contribution in [-0.4, -0.2) is 68.9 Å². The molecule has 8 heteroatoms. The van der Waals surface area contributed by atoms with E-state index in [0.717, 1.165) is 31.6 Å². The summed E-state index contributed by atoms with van der Waals surface area (Å²) in [6.45, 7) is 3.49. The molecular formula is C20H23FN2O3S2. The van der Waals surface area contributed by atoms with E-state index < -0.39 is 9.84 Å². The number of thioether (sulfide) groups is 1. The van der Waals surface area contributed by atoms with Gasteiger partial charge in [0.05, 0.1) is 4.90 Å². The van der Waals surface area contributed by atoms with Crippen LogP contribution in [0.25, 0.3) is 0 Å². The molecule has 3 rings (SSSR count). The normalized spacial score (nSPS) is 15.6. The fourth-order valence-electron chi connectivity index (χ4n) is 3.06. The van der Waals surface area contributed by atoms with Crippen molar-refractivity contribution in [1.82, 2.24) is 9.80 Å². The molecule has 2 aromatic rings. The number of nitrogens with zero attached hydrogens (tertiary/aromatic N) is 2. The van der Waals surface area contributed by atoms with E-state index >= 15 is 0 Å². The van der Waals surface area contributed by atoms with Gasteiger partial charge in [-0.2, -0.15) is 0 Å². The first-order chi connectivity index (χ1) is 13.3. The van der Waals surface area contributed by atoms with Crippen LogP contribution in [0.1, 0.15) is 10.4 Å². The van der Waals surface area contributed by atoms with E-state index in [9.17, 15) is 17.6 Å². The van der Waals surface area contributed by atoms with Gasteiger partial charge in [-0.25, -0.2) is 12.8 Å². The minimum absolute atomic E-state index is 0.147. The molecule has 1 amide bonds. The average Bonchev–Trinajstić information content (AvgIpc) is 2.69. The maximum absolute atomic E-state index is 13.6. The van der Waals surface area contributed by atoms with Crippen molar-refractivity contribution in [1.29, 1.82) is 0 Å². The minimum Gasteiger partial charge on any atom is -0.336 e. The zero-order valence-electron chi connectivity index (χ0n) is 15.7. The fourth-order valence-corrected chi connectivity index (χ4v) is 4.68. The number of carbonyl (C=O) groups is 1. The quantitative estimate of drug-likeness (QED) is 0.670. The first-order valence-electron chi connectivity index (χ1n) is 9.04. The predicted molar refractivity (Wildman–Crippen MR) is 109 cm³/mol. The Labute approximate surface area is 169 Å². The summed E-state index contributed by atoms with van der Waals surface area (Å²) in [5, 5.41) is 0. The van der Waals surface area contributed by atoms with E-state index in [1.54, 1.807) is 29.2 Å². The molecule has 1 aliphatic rings. The Morgan fingerprint density at radius 2 is 1.79 bits per heavy atom. The van der Waals surface area contributed by atoms with E-state index in [4.69, 9.17) is 0 Å². The number of halogens is 1. The van der Waals surface area contributed by atoms with E-state index in [1.165, 1.54) is 30.0 Å². The highest BCUT2D eigenvalue weighted by atomic mass is 32.2. The summed E-state index contributed by atoms with van der Waals surface area (Å²) in [5.74, 6) is 0.441. The fraction of sp³-hybridized carbons (Fsp3) is 0.350. The van der Waals surface area contributed by atoms with Gasteiger partial charge in [0.1, 0.15) is 5.82 Å². The third kappa shape index (κ3) is 5.33. The molecule has 28 heavy (non-hydrogen) atoms. The van der Waals surface area contributed by atoms with E-state index in [2.05, 4.69) is 4.90 Å². The summed E-state index contributed by atoms with van der Waals surface area (Å²) in [6, 6.07) is 12.9. The van der Waals surface area contributed by atoms with Crippen molar-refractivity contribution in [3.8, 4) is 0 Å². The number of benzene rings is 2. The van der Waals surface area contributed by atoms with Crippen molar-refractivity contribution in [2.24, 2.45) is 0 Å². The lowest BCUT2D eigenvalue weighted by Gasteiger charge is -2.34. The van der Waals surface area contributed by atoms with Gasteiger partial charge in [-0.1, -0.05) is 18.2 Å². The molecule has 2 aromatic carbocycles. The highest BCUT2D eigenvalue weighted by Crippen LogP contribution is 2.21. The van der Waals surface area contributed by atoms with E-state index in [-0.39, 0.29) is 16.6 Å². The van der Waals surface area contributed by atoms with E-state index in [1.807, 2.05) is 6.07 Å². The van der Waals surface area contributed by atoms with Gasteiger partial charge < -0.3 is 4.90 Å². The minimum atomic E-state index is -3.34. The Morgan fingerprint density at radius 3 is 2.46 bits per heavy atom. The lowest BCUT2D eigenvalue weighted by Crippen LogP contribution is -2.49. The molecule has 0 saturated carbocycles. The average molecular weight is 423 g/mol. The zero-order chi connectivity index (χ0) is 20.1. The van der Waals surface area contributed by atoms with Gasteiger partial charge in [0.15, 0.2) is 9.84 Å². The van der Waals surface area contributed by atoms with Gasteiger partial charge >= 0.3 is 0 Å². The monoisotopic (exact) mass is 422 g/mol. The van der Waals surface area contributed by atoms with Crippen LogP contribution in [-0.2, 0) is 9.84 Å². The summed E-state index contributed by atoms with van der Waals surface area (Å²) < 4.78 is 37.0. The Kier molecular flexibility index (Phi) is 6.74. The number of amides is 1. The van der Waals surface area contributed by atoms with Crippen LogP contribution >= 0.6 is 11.8 Å². The SMILES string of the molecule is CS(=O)(=O)c1cccc(C(=O)N2CCN(CCSc3ccccc3F)CC2)c1. The van der Waals surface area contributed by atoms with Gasteiger partial charge in [-0.05, 0) is 30.3 Å². The van der Waals surface area contributed by atoms with Crippen LogP contribution < -0.4 is 0 Å². The molecule has 1 saturated heterocycles. The lowest BCUT2D eigenvalue weighted by molar-refractivity contribution is 0.0644. The number of rotatable bonds is 6. The third-order valence-corrected chi connectivity index (χ3v) is 6.81. The van der Waals surface area contributed by atoms with Crippen molar-refractivity contribution in [3.05, 3.63) is 59.9 Å². The Morgan fingerprint density at radius 1 is 1.07 bits per heavy atom. The van der Waals surface area contributed by atoms with Crippen LogP contribution in [0.2, 0.25) is 0 Å². The molecular weight excluding hydrogens is 399 g/mol. The Bertz CT molecular complexity index is 942. The summed E-state index contributed by atoms with van der Waals surface area (Å²) in [6.07, 6.45) is 1.13. The summed E-state index contributed by atoms with van der Waals surface area (Å²) in [4.78, 5) is 17.5. The van der Waals surface area contributed by atoms with Gasteiger partial charge in [0.25, 0.3) is 5.91 Å². The highest BCUT2D eigenvalue weighted by Gasteiger charge is 2.22.